The molecule has 0 radical (unpaired) electrons. The van der Waals surface area contributed by atoms with Crippen LogP contribution in [0.15, 0.2) is 24.3 Å². The molecule has 28 heavy (non-hydrogen) atoms. The molecular formula is C20H20N2O4S2. The zero-order valence-corrected chi connectivity index (χ0v) is 17.0. The molecule has 2 N–H and O–H groups in total. The smallest absolute Gasteiger partial charge is 0.335 e. The lowest BCUT2D eigenvalue weighted by molar-refractivity contribution is -0.113. The lowest BCUT2D eigenvalue weighted by atomic mass is 9.89. The van der Waals surface area contributed by atoms with Crippen LogP contribution < -0.4 is 5.32 Å². The van der Waals surface area contributed by atoms with Gasteiger partial charge in [0.25, 0.3) is 0 Å². The monoisotopic (exact) mass is 416 g/mol. The summed E-state index contributed by atoms with van der Waals surface area (Å²) >= 11 is 1.44. The van der Waals surface area contributed by atoms with Crippen LogP contribution in [-0.2, 0) is 34.2 Å². The Morgan fingerprint density at radius 2 is 2.21 bits per heavy atom. The van der Waals surface area contributed by atoms with E-state index < -0.39 is 22.7 Å². The maximum Gasteiger partial charge on any atom is 0.335 e. The second-order valence-electron chi connectivity index (χ2n) is 6.95. The first kappa shape index (κ1) is 20.2. The molecule has 1 heterocycles. The highest BCUT2D eigenvalue weighted by Crippen LogP contribution is 2.39. The summed E-state index contributed by atoms with van der Waals surface area (Å²) in [5.41, 5.74) is 2.29. The number of aromatic carboxylic acids is 1. The van der Waals surface area contributed by atoms with Crippen molar-refractivity contribution in [1.82, 2.24) is 0 Å². The van der Waals surface area contributed by atoms with Gasteiger partial charge >= 0.3 is 5.97 Å². The van der Waals surface area contributed by atoms with E-state index in [-0.39, 0.29) is 17.1 Å². The zero-order chi connectivity index (χ0) is 20.3. The number of hydrogen-bond donors (Lipinski definition) is 2. The van der Waals surface area contributed by atoms with Crippen molar-refractivity contribution >= 4 is 39.0 Å². The van der Waals surface area contributed by atoms with Crippen LogP contribution in [0.4, 0.5) is 5.00 Å². The van der Waals surface area contributed by atoms with Crippen molar-refractivity contribution in [1.29, 1.82) is 5.26 Å². The lowest BCUT2D eigenvalue weighted by Gasteiger charge is -2.17. The van der Waals surface area contributed by atoms with E-state index in [2.05, 4.69) is 18.3 Å². The number of rotatable bonds is 6. The maximum absolute atomic E-state index is 12.3. The Morgan fingerprint density at radius 1 is 1.43 bits per heavy atom. The number of carbonyl (C=O) groups is 2. The maximum atomic E-state index is 12.3. The molecule has 0 fully saturated rings. The number of benzene rings is 1. The van der Waals surface area contributed by atoms with Gasteiger partial charge in [-0.05, 0) is 48.4 Å². The molecule has 0 aliphatic heterocycles. The van der Waals surface area contributed by atoms with Gasteiger partial charge < -0.3 is 10.4 Å². The summed E-state index contributed by atoms with van der Waals surface area (Å²) in [6.45, 7) is 2.18. The normalized spacial score (nSPS) is 16.6. The summed E-state index contributed by atoms with van der Waals surface area (Å²) in [6.07, 6.45) is 2.79. The van der Waals surface area contributed by atoms with Crippen LogP contribution in [0.3, 0.4) is 0 Å². The van der Waals surface area contributed by atoms with Gasteiger partial charge in [-0.15, -0.1) is 11.3 Å². The van der Waals surface area contributed by atoms with Crippen LogP contribution in [0.1, 0.15) is 45.3 Å². The van der Waals surface area contributed by atoms with Gasteiger partial charge in [0.1, 0.15) is 16.8 Å². The molecule has 8 heteroatoms. The Morgan fingerprint density at radius 3 is 2.93 bits per heavy atom. The quantitative estimate of drug-likeness (QED) is 0.751. The number of fused-ring (bicyclic) bond motifs is 1. The number of nitrogens with one attached hydrogen (secondary N) is 1. The SMILES string of the molecule is CC1CCc2c(sc(NC(=O)CS(=O)Cc3cccc(C(=O)O)c3)c2C#N)C1. The number of anilines is 1. The largest absolute Gasteiger partial charge is 0.478 e. The fraction of sp³-hybridized carbons (Fsp3) is 0.350. The zero-order valence-electron chi connectivity index (χ0n) is 15.4. The predicted molar refractivity (Wildman–Crippen MR) is 109 cm³/mol. The number of amides is 1. The summed E-state index contributed by atoms with van der Waals surface area (Å²) in [7, 11) is -1.48. The van der Waals surface area contributed by atoms with Crippen LogP contribution in [-0.4, -0.2) is 26.9 Å². The van der Waals surface area contributed by atoms with Gasteiger partial charge in [0, 0.05) is 21.4 Å². The minimum atomic E-state index is -1.48. The molecule has 1 aliphatic carbocycles. The Hall–Kier alpha value is -2.50. The number of carbonyl (C=O) groups excluding carboxylic acids is 1. The van der Waals surface area contributed by atoms with Gasteiger partial charge in [-0.2, -0.15) is 5.26 Å². The van der Waals surface area contributed by atoms with Crippen molar-refractivity contribution in [2.24, 2.45) is 5.92 Å². The van der Waals surface area contributed by atoms with E-state index in [1.54, 1.807) is 12.1 Å². The van der Waals surface area contributed by atoms with E-state index in [1.807, 2.05) is 0 Å². The van der Waals surface area contributed by atoms with E-state index in [4.69, 9.17) is 5.11 Å². The van der Waals surface area contributed by atoms with Gasteiger partial charge in [0.2, 0.25) is 5.91 Å². The van der Waals surface area contributed by atoms with E-state index in [0.29, 0.717) is 22.0 Å². The third-order valence-electron chi connectivity index (χ3n) is 4.67. The lowest BCUT2D eigenvalue weighted by Crippen LogP contribution is -2.20. The minimum Gasteiger partial charge on any atom is -0.478 e. The van der Waals surface area contributed by atoms with Crippen molar-refractivity contribution < 1.29 is 18.9 Å². The number of nitriles is 1. The number of carboxylic acid groups (broad SMARTS) is 1. The highest BCUT2D eigenvalue weighted by Gasteiger charge is 2.25. The summed E-state index contributed by atoms with van der Waals surface area (Å²) in [6, 6.07) is 8.39. The van der Waals surface area contributed by atoms with E-state index >= 15 is 0 Å². The Labute approximate surface area is 169 Å². The third-order valence-corrected chi connectivity index (χ3v) is 7.08. The van der Waals surface area contributed by atoms with Crippen molar-refractivity contribution in [2.45, 2.75) is 31.9 Å². The first-order valence-corrected chi connectivity index (χ1v) is 11.2. The molecule has 1 aromatic carbocycles. The average Bonchev–Trinajstić information content (AvgIpc) is 2.97. The Bertz CT molecular complexity index is 991. The molecule has 1 aliphatic rings. The van der Waals surface area contributed by atoms with Crippen molar-refractivity contribution in [2.75, 3.05) is 11.1 Å². The third kappa shape index (κ3) is 4.66. The molecule has 0 saturated heterocycles. The molecular weight excluding hydrogens is 396 g/mol. The topological polar surface area (TPSA) is 107 Å². The predicted octanol–water partition coefficient (Wildman–Crippen LogP) is 3.33. The van der Waals surface area contributed by atoms with E-state index in [0.717, 1.165) is 29.7 Å². The standard InChI is InChI=1S/C20H20N2O4S2/c1-12-5-6-15-16(9-21)19(27-17(15)7-12)22-18(23)11-28(26)10-13-3-2-4-14(8-13)20(24)25/h2-4,8,12H,5-7,10-11H2,1H3,(H,22,23)(H,24,25). The summed E-state index contributed by atoms with van der Waals surface area (Å²) in [4.78, 5) is 24.5. The fourth-order valence-corrected chi connectivity index (χ4v) is 5.69. The summed E-state index contributed by atoms with van der Waals surface area (Å²) in [5, 5.41) is 21.8. The number of hydrogen-bond acceptors (Lipinski definition) is 5. The second-order valence-corrected chi connectivity index (χ2v) is 9.51. The molecule has 0 saturated carbocycles. The van der Waals surface area contributed by atoms with Crippen LogP contribution in [0.2, 0.25) is 0 Å². The van der Waals surface area contributed by atoms with Gasteiger partial charge in [-0.1, -0.05) is 19.1 Å². The molecule has 6 nitrogen and oxygen atoms in total. The van der Waals surface area contributed by atoms with Crippen LogP contribution in [0.25, 0.3) is 0 Å². The van der Waals surface area contributed by atoms with Gasteiger partial charge in [-0.25, -0.2) is 4.79 Å². The average molecular weight is 417 g/mol. The first-order valence-electron chi connectivity index (χ1n) is 8.89. The second kappa shape index (κ2) is 8.67. The van der Waals surface area contributed by atoms with Crippen LogP contribution in [0.5, 0.6) is 0 Å². The van der Waals surface area contributed by atoms with Gasteiger partial charge in [0.15, 0.2) is 0 Å². The molecule has 2 aromatic rings. The van der Waals surface area contributed by atoms with Gasteiger partial charge in [0.05, 0.1) is 11.1 Å². The molecule has 1 aromatic heterocycles. The Balaban J connectivity index is 1.64. The number of thiophene rings is 1. The first-order chi connectivity index (χ1) is 13.4. The van der Waals surface area contributed by atoms with Crippen molar-refractivity contribution in [3.8, 4) is 6.07 Å². The molecule has 2 unspecified atom stereocenters. The molecule has 2 atom stereocenters. The Kier molecular flexibility index (Phi) is 6.27. The summed E-state index contributed by atoms with van der Waals surface area (Å²) in [5.74, 6) is -1.00. The minimum absolute atomic E-state index is 0.0953. The van der Waals surface area contributed by atoms with Crippen molar-refractivity contribution in [3.63, 3.8) is 0 Å². The van der Waals surface area contributed by atoms with Gasteiger partial charge in [-0.3, -0.25) is 9.00 Å². The number of carboxylic acids is 1. The van der Waals surface area contributed by atoms with Crippen LogP contribution >= 0.6 is 11.3 Å². The van der Waals surface area contributed by atoms with E-state index in [1.165, 1.54) is 23.5 Å². The molecule has 0 spiro atoms. The number of nitrogens with zero attached hydrogens (tertiary/aromatic N) is 1. The van der Waals surface area contributed by atoms with E-state index in [9.17, 15) is 19.1 Å². The molecule has 3 rings (SSSR count). The summed E-state index contributed by atoms with van der Waals surface area (Å²) < 4.78 is 12.3. The fourth-order valence-electron chi connectivity index (χ4n) is 3.30. The van der Waals surface area contributed by atoms with Crippen molar-refractivity contribution in [3.05, 3.63) is 51.4 Å². The highest BCUT2D eigenvalue weighted by molar-refractivity contribution is 7.85. The molecule has 1 amide bonds. The van der Waals surface area contributed by atoms with Crippen LogP contribution in [0, 0.1) is 17.2 Å². The molecule has 146 valence electrons. The molecule has 0 bridgehead atoms. The highest BCUT2D eigenvalue weighted by atomic mass is 32.2.